The maximum atomic E-state index is 15.3. The highest BCUT2D eigenvalue weighted by molar-refractivity contribution is 5.95. The fraction of sp³-hybridized carbons (Fsp3) is 0.381. The molecule has 1 amide bonds. The number of hydrogen-bond acceptors (Lipinski definition) is 5. The van der Waals surface area contributed by atoms with Crippen molar-refractivity contribution < 1.29 is 27.8 Å². The van der Waals surface area contributed by atoms with E-state index in [0.29, 0.717) is 35.0 Å². The van der Waals surface area contributed by atoms with E-state index in [2.05, 4.69) is 0 Å². The molecule has 0 radical (unpaired) electrons. The van der Waals surface area contributed by atoms with Crippen molar-refractivity contribution in [1.82, 2.24) is 4.90 Å². The average Bonchev–Trinajstić information content (AvgIpc) is 3.10. The Hall–Kier alpha value is -3.03. The molecular formula is C21H22F2N2O4. The average molecular weight is 404 g/mol. The van der Waals surface area contributed by atoms with Crippen molar-refractivity contribution in [3.8, 4) is 17.2 Å². The largest absolute Gasteiger partial charge is 0.495 e. The van der Waals surface area contributed by atoms with Gasteiger partial charge in [0.25, 0.3) is 5.91 Å². The molecule has 1 atom stereocenters. The number of rotatable bonds is 3. The minimum atomic E-state index is -1.69. The molecule has 2 aromatic rings. The van der Waals surface area contributed by atoms with Crippen molar-refractivity contribution in [3.05, 3.63) is 47.8 Å². The summed E-state index contributed by atoms with van der Waals surface area (Å²) in [6.07, 6.45) is 0. The van der Waals surface area contributed by atoms with E-state index in [1.807, 2.05) is 0 Å². The Balaban J connectivity index is 1.58. The lowest BCUT2D eigenvalue weighted by molar-refractivity contribution is 0.0657. The molecule has 6 nitrogen and oxygen atoms in total. The zero-order valence-corrected chi connectivity index (χ0v) is 16.3. The van der Waals surface area contributed by atoms with E-state index in [9.17, 15) is 9.18 Å². The summed E-state index contributed by atoms with van der Waals surface area (Å²) in [6, 6.07) is 9.06. The highest BCUT2D eigenvalue weighted by Gasteiger charge is 2.36. The van der Waals surface area contributed by atoms with Crippen molar-refractivity contribution in [2.75, 3.05) is 45.0 Å². The van der Waals surface area contributed by atoms with E-state index in [-0.39, 0.29) is 32.3 Å². The molecule has 2 aliphatic rings. The van der Waals surface area contributed by atoms with Gasteiger partial charge in [0.05, 0.1) is 25.9 Å². The van der Waals surface area contributed by atoms with Crippen LogP contribution in [0.15, 0.2) is 36.4 Å². The summed E-state index contributed by atoms with van der Waals surface area (Å²) in [5, 5.41) is 0. The lowest BCUT2D eigenvalue weighted by Crippen LogP contribution is -2.42. The second kappa shape index (κ2) is 7.42. The Kier molecular flexibility index (Phi) is 4.94. The summed E-state index contributed by atoms with van der Waals surface area (Å²) >= 11 is 0. The van der Waals surface area contributed by atoms with Gasteiger partial charge >= 0.3 is 0 Å². The van der Waals surface area contributed by atoms with Gasteiger partial charge in [0.1, 0.15) is 17.2 Å². The number of anilines is 1. The number of carbonyl (C=O) groups is 1. The van der Waals surface area contributed by atoms with Crippen molar-refractivity contribution >= 4 is 11.6 Å². The number of fused-ring (bicyclic) bond motifs is 1. The standard InChI is InChI=1S/C21H22F2N2O4/c1-21(23)11-24(16-10-15(22)4-6-17(16)27-2)7-8-25(12-21)20(26)14-3-5-18-19(9-14)29-13-28-18/h3-6,9-10H,7-8,11-13H2,1-2H3. The number of benzene rings is 2. The van der Waals surface area contributed by atoms with Crippen LogP contribution in [0.25, 0.3) is 0 Å². The molecule has 154 valence electrons. The van der Waals surface area contributed by atoms with Gasteiger partial charge in [-0.05, 0) is 37.3 Å². The van der Waals surface area contributed by atoms with Crippen molar-refractivity contribution in [3.63, 3.8) is 0 Å². The Labute approximate surface area is 167 Å². The van der Waals surface area contributed by atoms with E-state index in [0.717, 1.165) is 0 Å². The number of hydrogen-bond donors (Lipinski definition) is 0. The van der Waals surface area contributed by atoms with E-state index >= 15 is 4.39 Å². The normalized spacial score (nSPS) is 21.1. The molecule has 2 heterocycles. The molecule has 0 saturated carbocycles. The Morgan fingerprint density at radius 2 is 1.90 bits per heavy atom. The summed E-state index contributed by atoms with van der Waals surface area (Å²) in [4.78, 5) is 16.2. The molecule has 0 spiro atoms. The first-order valence-electron chi connectivity index (χ1n) is 9.33. The van der Waals surface area contributed by atoms with Crippen LogP contribution in [0.4, 0.5) is 14.5 Å². The zero-order valence-electron chi connectivity index (χ0n) is 16.3. The molecule has 1 unspecified atom stereocenters. The van der Waals surface area contributed by atoms with Gasteiger partial charge in [0, 0.05) is 24.7 Å². The Bertz CT molecular complexity index is 935. The van der Waals surface area contributed by atoms with Gasteiger partial charge in [0.15, 0.2) is 11.5 Å². The number of methoxy groups -OCH3 is 1. The van der Waals surface area contributed by atoms with Crippen LogP contribution in [0.3, 0.4) is 0 Å². The summed E-state index contributed by atoms with van der Waals surface area (Å²) in [6.45, 7) is 2.12. The van der Waals surface area contributed by atoms with Crippen molar-refractivity contribution in [2.24, 2.45) is 0 Å². The molecule has 29 heavy (non-hydrogen) atoms. The van der Waals surface area contributed by atoms with Crippen molar-refractivity contribution in [2.45, 2.75) is 12.6 Å². The van der Waals surface area contributed by atoms with Crippen LogP contribution in [-0.4, -0.2) is 56.6 Å². The maximum absolute atomic E-state index is 15.3. The van der Waals surface area contributed by atoms with Gasteiger partial charge in [-0.15, -0.1) is 0 Å². The smallest absolute Gasteiger partial charge is 0.254 e. The van der Waals surface area contributed by atoms with Crippen LogP contribution >= 0.6 is 0 Å². The molecule has 2 aromatic carbocycles. The first-order valence-corrected chi connectivity index (χ1v) is 9.33. The maximum Gasteiger partial charge on any atom is 0.254 e. The molecule has 0 bridgehead atoms. The van der Waals surface area contributed by atoms with Crippen LogP contribution < -0.4 is 19.1 Å². The van der Waals surface area contributed by atoms with Crippen LogP contribution in [0.5, 0.6) is 17.2 Å². The fourth-order valence-electron chi connectivity index (χ4n) is 3.75. The number of amides is 1. The molecule has 8 heteroatoms. The number of alkyl halides is 1. The lowest BCUT2D eigenvalue weighted by Gasteiger charge is -2.29. The van der Waals surface area contributed by atoms with E-state index < -0.39 is 11.5 Å². The third kappa shape index (κ3) is 3.92. The Morgan fingerprint density at radius 3 is 2.69 bits per heavy atom. The van der Waals surface area contributed by atoms with Crippen LogP contribution in [0.1, 0.15) is 17.3 Å². The van der Waals surface area contributed by atoms with Gasteiger partial charge in [-0.3, -0.25) is 4.79 Å². The van der Waals surface area contributed by atoms with Crippen LogP contribution in [0, 0.1) is 5.82 Å². The third-order valence-corrected chi connectivity index (χ3v) is 5.07. The first-order chi connectivity index (χ1) is 13.9. The topological polar surface area (TPSA) is 51.2 Å². The van der Waals surface area contributed by atoms with Crippen LogP contribution in [-0.2, 0) is 0 Å². The third-order valence-electron chi connectivity index (χ3n) is 5.07. The second-order valence-electron chi connectivity index (χ2n) is 7.45. The summed E-state index contributed by atoms with van der Waals surface area (Å²) in [5.74, 6) is 0.814. The number of carbonyl (C=O) groups excluding carboxylic acids is 1. The van der Waals surface area contributed by atoms with E-state index in [1.165, 1.54) is 37.1 Å². The first kappa shape index (κ1) is 19.3. The molecule has 1 saturated heterocycles. The highest BCUT2D eigenvalue weighted by atomic mass is 19.1. The van der Waals surface area contributed by atoms with Crippen LogP contribution in [0.2, 0.25) is 0 Å². The summed E-state index contributed by atoms with van der Waals surface area (Å²) < 4.78 is 45.1. The van der Waals surface area contributed by atoms with E-state index in [4.69, 9.17) is 14.2 Å². The summed E-state index contributed by atoms with van der Waals surface area (Å²) in [5.41, 5.74) is -0.824. The molecule has 4 rings (SSSR count). The predicted octanol–water partition coefficient (Wildman–Crippen LogP) is 3.25. The summed E-state index contributed by atoms with van der Waals surface area (Å²) in [7, 11) is 1.48. The SMILES string of the molecule is COc1ccc(F)cc1N1CCN(C(=O)c2ccc3c(c2)OCO3)CC(C)(F)C1. The predicted molar refractivity (Wildman–Crippen MR) is 103 cm³/mol. The molecule has 1 fully saturated rings. The zero-order chi connectivity index (χ0) is 20.6. The van der Waals surface area contributed by atoms with Crippen molar-refractivity contribution in [1.29, 1.82) is 0 Å². The molecule has 0 aromatic heterocycles. The fourth-order valence-corrected chi connectivity index (χ4v) is 3.75. The molecular weight excluding hydrogens is 382 g/mol. The molecule has 2 aliphatic heterocycles. The molecule has 0 aliphatic carbocycles. The van der Waals surface area contributed by atoms with Gasteiger partial charge in [-0.25, -0.2) is 8.78 Å². The second-order valence-corrected chi connectivity index (χ2v) is 7.45. The van der Waals surface area contributed by atoms with E-state index in [1.54, 1.807) is 23.1 Å². The lowest BCUT2D eigenvalue weighted by atomic mass is 10.1. The van der Waals surface area contributed by atoms with Gasteiger partial charge < -0.3 is 24.0 Å². The molecule has 0 N–H and O–H groups in total. The number of ether oxygens (including phenoxy) is 3. The monoisotopic (exact) mass is 404 g/mol. The highest BCUT2D eigenvalue weighted by Crippen LogP contribution is 2.34. The Morgan fingerprint density at radius 1 is 1.10 bits per heavy atom. The minimum absolute atomic E-state index is 0.0116. The number of halogens is 2. The quantitative estimate of drug-likeness (QED) is 0.786. The van der Waals surface area contributed by atoms with Gasteiger partial charge in [0.2, 0.25) is 6.79 Å². The minimum Gasteiger partial charge on any atom is -0.495 e. The number of nitrogens with zero attached hydrogens (tertiary/aromatic N) is 2. The van der Waals surface area contributed by atoms with Gasteiger partial charge in [-0.2, -0.15) is 0 Å². The van der Waals surface area contributed by atoms with Gasteiger partial charge in [-0.1, -0.05) is 0 Å².